The van der Waals surface area contributed by atoms with Crippen molar-refractivity contribution in [2.45, 2.75) is 18.9 Å². The van der Waals surface area contributed by atoms with Crippen molar-refractivity contribution in [3.63, 3.8) is 0 Å². The van der Waals surface area contributed by atoms with Crippen molar-refractivity contribution in [1.82, 2.24) is 9.80 Å². The topological polar surface area (TPSA) is 49.9 Å². The zero-order chi connectivity index (χ0) is 16.4. The van der Waals surface area contributed by atoms with E-state index in [1.165, 1.54) is 23.1 Å². The normalized spacial score (nSPS) is 21.6. The summed E-state index contributed by atoms with van der Waals surface area (Å²) in [6.45, 7) is 2.50. The van der Waals surface area contributed by atoms with Crippen molar-refractivity contribution in [3.8, 4) is 0 Å². The van der Waals surface area contributed by atoms with Gasteiger partial charge in [-0.3, -0.25) is 9.59 Å². The molecule has 1 aromatic carbocycles. The number of nitrogens with zero attached hydrogens (tertiary/aromatic N) is 2. The van der Waals surface area contributed by atoms with E-state index in [4.69, 9.17) is 16.3 Å². The molecular weight excluding hydrogens is 323 g/mol. The van der Waals surface area contributed by atoms with Crippen molar-refractivity contribution < 1.29 is 18.7 Å². The molecule has 2 aliphatic rings. The highest BCUT2D eigenvalue weighted by Crippen LogP contribution is 2.26. The maximum Gasteiger partial charge on any atom is 0.259 e. The first-order valence-electron chi connectivity index (χ1n) is 7.71. The zero-order valence-electron chi connectivity index (χ0n) is 12.6. The molecule has 124 valence electrons. The molecule has 0 aromatic heterocycles. The highest BCUT2D eigenvalue weighted by Gasteiger charge is 2.38. The minimum absolute atomic E-state index is 0.0690. The van der Waals surface area contributed by atoms with Crippen LogP contribution in [-0.2, 0) is 9.53 Å². The van der Waals surface area contributed by atoms with Gasteiger partial charge in [-0.05, 0) is 25.0 Å². The van der Waals surface area contributed by atoms with E-state index >= 15 is 0 Å². The van der Waals surface area contributed by atoms with E-state index in [9.17, 15) is 14.0 Å². The number of carbonyl (C=O) groups excluding carboxylic acids is 2. The Morgan fingerprint density at radius 3 is 2.65 bits per heavy atom. The molecule has 1 atom stereocenters. The Morgan fingerprint density at radius 2 is 1.96 bits per heavy atom. The molecule has 7 heteroatoms. The Balaban J connectivity index is 1.81. The number of likely N-dealkylation sites (tertiary alicyclic amines) is 1. The van der Waals surface area contributed by atoms with Crippen molar-refractivity contribution in [3.05, 3.63) is 34.6 Å². The molecule has 2 amide bonds. The lowest BCUT2D eigenvalue weighted by Crippen LogP contribution is -2.51. The average Bonchev–Trinajstić information content (AvgIpc) is 3.04. The summed E-state index contributed by atoms with van der Waals surface area (Å²) >= 11 is 5.98. The Kier molecular flexibility index (Phi) is 4.82. The summed E-state index contributed by atoms with van der Waals surface area (Å²) in [4.78, 5) is 28.5. The first kappa shape index (κ1) is 16.2. The lowest BCUT2D eigenvalue weighted by molar-refractivity contribution is -0.139. The van der Waals surface area contributed by atoms with E-state index in [2.05, 4.69) is 0 Å². The number of morpholine rings is 1. The molecule has 3 rings (SSSR count). The van der Waals surface area contributed by atoms with E-state index in [0.29, 0.717) is 39.3 Å². The van der Waals surface area contributed by atoms with Crippen LogP contribution in [0.3, 0.4) is 0 Å². The monoisotopic (exact) mass is 340 g/mol. The van der Waals surface area contributed by atoms with E-state index in [-0.39, 0.29) is 16.5 Å². The molecule has 0 spiro atoms. The third-order valence-electron chi connectivity index (χ3n) is 4.30. The lowest BCUT2D eigenvalue weighted by Gasteiger charge is -2.32. The number of carbonyl (C=O) groups is 2. The smallest absolute Gasteiger partial charge is 0.259 e. The minimum atomic E-state index is -0.660. The van der Waals surface area contributed by atoms with Crippen LogP contribution < -0.4 is 0 Å². The lowest BCUT2D eigenvalue weighted by atomic mass is 10.1. The van der Waals surface area contributed by atoms with Gasteiger partial charge in [0.15, 0.2) is 0 Å². The van der Waals surface area contributed by atoms with Gasteiger partial charge >= 0.3 is 0 Å². The fourth-order valence-electron chi connectivity index (χ4n) is 3.11. The van der Waals surface area contributed by atoms with Crippen molar-refractivity contribution in [2.75, 3.05) is 32.8 Å². The van der Waals surface area contributed by atoms with E-state index < -0.39 is 17.8 Å². The van der Waals surface area contributed by atoms with Crippen LogP contribution in [0.2, 0.25) is 5.02 Å². The fraction of sp³-hybridized carbons (Fsp3) is 0.500. The molecule has 0 aliphatic carbocycles. The highest BCUT2D eigenvalue weighted by atomic mass is 35.5. The van der Waals surface area contributed by atoms with Gasteiger partial charge < -0.3 is 14.5 Å². The summed E-state index contributed by atoms with van der Waals surface area (Å²) in [6, 6.07) is 3.59. The van der Waals surface area contributed by atoms with Gasteiger partial charge in [0.05, 0.1) is 23.8 Å². The molecule has 1 aromatic rings. The molecule has 0 N–H and O–H groups in total. The number of amides is 2. The van der Waals surface area contributed by atoms with Gasteiger partial charge in [-0.25, -0.2) is 4.39 Å². The number of hydrogen-bond donors (Lipinski definition) is 0. The molecule has 2 fully saturated rings. The summed E-state index contributed by atoms with van der Waals surface area (Å²) in [7, 11) is 0. The second kappa shape index (κ2) is 6.84. The van der Waals surface area contributed by atoms with Crippen LogP contribution in [0.4, 0.5) is 4.39 Å². The first-order chi connectivity index (χ1) is 11.1. The van der Waals surface area contributed by atoms with Crippen LogP contribution in [0, 0.1) is 5.82 Å². The molecule has 0 bridgehead atoms. The molecule has 2 aliphatic heterocycles. The number of ether oxygens (including phenoxy) is 1. The third-order valence-corrected chi connectivity index (χ3v) is 4.61. The zero-order valence-corrected chi connectivity index (χ0v) is 13.4. The van der Waals surface area contributed by atoms with Crippen LogP contribution in [-0.4, -0.2) is 60.5 Å². The SMILES string of the molecule is O=C([C@@H]1CCCN1C(=O)c1c(F)cccc1Cl)N1CCOCC1. The molecular formula is C16H18ClFN2O3. The van der Waals surface area contributed by atoms with Crippen molar-refractivity contribution >= 4 is 23.4 Å². The third kappa shape index (κ3) is 3.19. The molecule has 5 nitrogen and oxygen atoms in total. The van der Waals surface area contributed by atoms with Crippen molar-refractivity contribution in [1.29, 1.82) is 0 Å². The first-order valence-corrected chi connectivity index (χ1v) is 8.09. The van der Waals surface area contributed by atoms with Gasteiger partial charge in [0.25, 0.3) is 5.91 Å². The molecule has 2 heterocycles. The van der Waals surface area contributed by atoms with Gasteiger partial charge in [0.2, 0.25) is 5.91 Å². The van der Waals surface area contributed by atoms with Crippen LogP contribution in [0.15, 0.2) is 18.2 Å². The maximum absolute atomic E-state index is 14.0. The maximum atomic E-state index is 14.0. The Hall–Kier alpha value is -1.66. The van der Waals surface area contributed by atoms with Gasteiger partial charge in [-0.15, -0.1) is 0 Å². The minimum Gasteiger partial charge on any atom is -0.378 e. The Morgan fingerprint density at radius 1 is 1.22 bits per heavy atom. The van der Waals surface area contributed by atoms with E-state index in [0.717, 1.165) is 6.42 Å². The standard InChI is InChI=1S/C16H18ClFN2O3/c17-11-3-1-4-12(18)14(11)16(22)20-6-2-5-13(20)15(21)19-7-9-23-10-8-19/h1,3-4,13H,2,5-10H2/t13-/m0/s1. The average molecular weight is 341 g/mol. The summed E-state index contributed by atoms with van der Waals surface area (Å²) in [5.74, 6) is -1.27. The van der Waals surface area contributed by atoms with E-state index in [1.54, 1.807) is 4.90 Å². The van der Waals surface area contributed by atoms with Crippen molar-refractivity contribution in [2.24, 2.45) is 0 Å². The summed E-state index contributed by atoms with van der Waals surface area (Å²) < 4.78 is 19.2. The number of rotatable bonds is 2. The van der Waals surface area contributed by atoms with E-state index in [1.807, 2.05) is 0 Å². The van der Waals surface area contributed by atoms with Gasteiger partial charge in [-0.1, -0.05) is 17.7 Å². The molecule has 2 saturated heterocycles. The van der Waals surface area contributed by atoms with Gasteiger partial charge in [0, 0.05) is 19.6 Å². The largest absolute Gasteiger partial charge is 0.378 e. The predicted molar refractivity (Wildman–Crippen MR) is 82.9 cm³/mol. The Labute approximate surface area is 138 Å². The van der Waals surface area contributed by atoms with Crippen LogP contribution >= 0.6 is 11.6 Å². The quantitative estimate of drug-likeness (QED) is 0.826. The molecule has 0 radical (unpaired) electrons. The second-order valence-electron chi connectivity index (χ2n) is 5.69. The summed E-state index contributed by atoms with van der Waals surface area (Å²) in [5, 5.41) is 0.0690. The Bertz CT molecular complexity index is 599. The molecule has 23 heavy (non-hydrogen) atoms. The van der Waals surface area contributed by atoms with Crippen LogP contribution in [0.5, 0.6) is 0 Å². The summed E-state index contributed by atoms with van der Waals surface area (Å²) in [6.07, 6.45) is 1.31. The number of halogens is 2. The molecule has 0 saturated carbocycles. The van der Waals surface area contributed by atoms with Gasteiger partial charge in [0.1, 0.15) is 11.9 Å². The number of benzene rings is 1. The van der Waals surface area contributed by atoms with Crippen LogP contribution in [0.1, 0.15) is 23.2 Å². The second-order valence-corrected chi connectivity index (χ2v) is 6.10. The fourth-order valence-corrected chi connectivity index (χ4v) is 3.35. The highest BCUT2D eigenvalue weighted by molar-refractivity contribution is 6.33. The molecule has 0 unspecified atom stereocenters. The summed E-state index contributed by atoms with van der Waals surface area (Å²) in [5.41, 5.74) is -0.157. The predicted octanol–water partition coefficient (Wildman–Crippen LogP) is 1.94. The number of hydrogen-bond acceptors (Lipinski definition) is 3. The van der Waals surface area contributed by atoms with Crippen LogP contribution in [0.25, 0.3) is 0 Å². The van der Waals surface area contributed by atoms with Gasteiger partial charge in [-0.2, -0.15) is 0 Å².